The zero-order chi connectivity index (χ0) is 12.6. The minimum Gasteiger partial charge on any atom is -0.481 e. The molecule has 0 radical (unpaired) electrons. The van der Waals surface area contributed by atoms with E-state index < -0.39 is 12.0 Å². The number of nitrogens with two attached hydrogens (primary N) is 1. The second-order valence-electron chi connectivity index (χ2n) is 4.17. The van der Waals surface area contributed by atoms with E-state index in [9.17, 15) is 4.79 Å². The van der Waals surface area contributed by atoms with E-state index in [1.54, 1.807) is 0 Å². The first-order valence-corrected chi connectivity index (χ1v) is 5.39. The molecule has 1 heterocycles. The van der Waals surface area contributed by atoms with Gasteiger partial charge in [-0.15, -0.1) is 0 Å². The number of carbonyl (C=O) groups is 1. The number of aromatic nitrogens is 2. The summed E-state index contributed by atoms with van der Waals surface area (Å²) >= 11 is 0. The predicted octanol–water partition coefficient (Wildman–Crippen LogP) is 1.36. The van der Waals surface area contributed by atoms with Crippen molar-refractivity contribution in [2.75, 3.05) is 0 Å². The fourth-order valence-corrected chi connectivity index (χ4v) is 1.87. The molecule has 1 aromatic heterocycles. The van der Waals surface area contributed by atoms with E-state index in [0.29, 0.717) is 0 Å². The molecule has 90 valence electrons. The van der Waals surface area contributed by atoms with E-state index in [4.69, 9.17) is 10.8 Å². The lowest BCUT2D eigenvalue weighted by Gasteiger charge is -2.09. The van der Waals surface area contributed by atoms with Gasteiger partial charge in [-0.25, -0.2) is 4.98 Å². The summed E-state index contributed by atoms with van der Waals surface area (Å²) in [6, 6.07) is 5.15. The van der Waals surface area contributed by atoms with Gasteiger partial charge in [0.1, 0.15) is 5.82 Å². The summed E-state index contributed by atoms with van der Waals surface area (Å²) in [4.78, 5) is 15.0. The van der Waals surface area contributed by atoms with Crippen molar-refractivity contribution in [3.05, 3.63) is 29.6 Å². The van der Waals surface area contributed by atoms with E-state index in [0.717, 1.165) is 22.4 Å². The van der Waals surface area contributed by atoms with Crippen molar-refractivity contribution in [2.24, 2.45) is 12.8 Å². The maximum Gasteiger partial charge on any atom is 0.305 e. The van der Waals surface area contributed by atoms with Crippen LogP contribution in [-0.2, 0) is 11.8 Å². The minimum atomic E-state index is -0.894. The van der Waals surface area contributed by atoms with E-state index >= 15 is 0 Å². The van der Waals surface area contributed by atoms with Crippen LogP contribution in [0.3, 0.4) is 0 Å². The zero-order valence-electron chi connectivity index (χ0n) is 9.84. The number of carboxylic acids is 1. The molecule has 0 spiro atoms. The van der Waals surface area contributed by atoms with Crippen molar-refractivity contribution in [1.82, 2.24) is 9.55 Å². The molecule has 3 N–H and O–H groups in total. The third kappa shape index (κ3) is 2.14. The van der Waals surface area contributed by atoms with Crippen LogP contribution in [0, 0.1) is 6.92 Å². The van der Waals surface area contributed by atoms with Crippen molar-refractivity contribution >= 4 is 17.0 Å². The summed E-state index contributed by atoms with van der Waals surface area (Å²) in [5.74, 6) is 0.0266. The number of imidazole rings is 1. The average Bonchev–Trinajstić information content (AvgIpc) is 2.53. The smallest absolute Gasteiger partial charge is 0.305 e. The molecule has 0 saturated heterocycles. The minimum absolute atomic E-state index is 0.0721. The number of rotatable bonds is 3. The first-order chi connectivity index (χ1) is 7.99. The number of aryl methyl sites for hydroxylation is 2. The van der Waals surface area contributed by atoms with E-state index in [1.807, 2.05) is 36.7 Å². The van der Waals surface area contributed by atoms with Crippen molar-refractivity contribution in [2.45, 2.75) is 19.4 Å². The summed E-state index contributed by atoms with van der Waals surface area (Å²) < 4.78 is 1.99. The van der Waals surface area contributed by atoms with Crippen molar-refractivity contribution < 1.29 is 9.90 Å². The zero-order valence-corrected chi connectivity index (χ0v) is 9.84. The molecule has 1 atom stereocenters. The molecule has 2 rings (SSSR count). The van der Waals surface area contributed by atoms with Crippen LogP contribution < -0.4 is 5.73 Å². The van der Waals surface area contributed by atoms with Crippen LogP contribution in [0.5, 0.6) is 0 Å². The van der Waals surface area contributed by atoms with Gasteiger partial charge in [-0.3, -0.25) is 4.79 Å². The van der Waals surface area contributed by atoms with Gasteiger partial charge in [0.05, 0.1) is 17.5 Å². The lowest BCUT2D eigenvalue weighted by molar-refractivity contribution is -0.137. The van der Waals surface area contributed by atoms with Gasteiger partial charge in [-0.05, 0) is 24.6 Å². The molecule has 0 fully saturated rings. The van der Waals surface area contributed by atoms with Gasteiger partial charge < -0.3 is 15.4 Å². The van der Waals surface area contributed by atoms with Crippen LogP contribution in [-0.4, -0.2) is 20.6 Å². The van der Waals surface area contributed by atoms with Gasteiger partial charge in [0.2, 0.25) is 0 Å². The molecular formula is C12H15N3O2. The largest absolute Gasteiger partial charge is 0.481 e. The Labute approximate surface area is 98.9 Å². The number of nitrogens with zero attached hydrogens (tertiary/aromatic N) is 2. The molecule has 0 saturated carbocycles. The molecule has 0 aliphatic rings. The number of hydrogen-bond donors (Lipinski definition) is 2. The lowest BCUT2D eigenvalue weighted by Crippen LogP contribution is -2.14. The summed E-state index contributed by atoms with van der Waals surface area (Å²) in [5.41, 5.74) is 8.49. The third-order valence-electron chi connectivity index (χ3n) is 2.95. The first kappa shape index (κ1) is 11.6. The van der Waals surface area contributed by atoms with Crippen LogP contribution in [0.25, 0.3) is 11.0 Å². The molecule has 1 aromatic carbocycles. The Kier molecular flexibility index (Phi) is 2.85. The van der Waals surface area contributed by atoms with Gasteiger partial charge in [-0.2, -0.15) is 0 Å². The fourth-order valence-electron chi connectivity index (χ4n) is 1.87. The van der Waals surface area contributed by atoms with Gasteiger partial charge in [0, 0.05) is 13.1 Å². The Hall–Kier alpha value is -1.88. The standard InChI is InChI=1S/C12H15N3O2/c1-7-14-10-5-8(9(13)6-12(16)17)3-4-11(10)15(7)2/h3-5,9H,6,13H2,1-2H3,(H,16,17). The topological polar surface area (TPSA) is 81.1 Å². The van der Waals surface area contributed by atoms with E-state index in [-0.39, 0.29) is 6.42 Å². The fraction of sp³-hybridized carbons (Fsp3) is 0.333. The highest BCUT2D eigenvalue weighted by atomic mass is 16.4. The number of benzene rings is 1. The number of hydrogen-bond acceptors (Lipinski definition) is 3. The van der Waals surface area contributed by atoms with Crippen molar-refractivity contribution in [3.8, 4) is 0 Å². The quantitative estimate of drug-likeness (QED) is 0.838. The Morgan fingerprint density at radius 3 is 2.94 bits per heavy atom. The van der Waals surface area contributed by atoms with Gasteiger partial charge in [-0.1, -0.05) is 6.07 Å². The highest BCUT2D eigenvalue weighted by Crippen LogP contribution is 2.21. The van der Waals surface area contributed by atoms with Gasteiger partial charge >= 0.3 is 5.97 Å². The monoisotopic (exact) mass is 233 g/mol. The van der Waals surface area contributed by atoms with Gasteiger partial charge in [0.15, 0.2) is 0 Å². The summed E-state index contributed by atoms with van der Waals surface area (Å²) in [5, 5.41) is 8.71. The number of fused-ring (bicyclic) bond motifs is 1. The molecule has 5 heteroatoms. The SMILES string of the molecule is Cc1nc2cc(C(N)CC(=O)O)ccc2n1C. The molecule has 0 amide bonds. The van der Waals surface area contributed by atoms with Crippen LogP contribution in [0.1, 0.15) is 23.9 Å². The van der Waals surface area contributed by atoms with Crippen LogP contribution >= 0.6 is 0 Å². The van der Waals surface area contributed by atoms with Crippen LogP contribution in [0.4, 0.5) is 0 Å². The third-order valence-corrected chi connectivity index (χ3v) is 2.95. The summed E-state index contributed by atoms with van der Waals surface area (Å²) in [6.45, 7) is 1.93. The maximum atomic E-state index is 10.6. The van der Waals surface area contributed by atoms with E-state index in [2.05, 4.69) is 4.98 Å². The highest BCUT2D eigenvalue weighted by molar-refractivity contribution is 5.77. The summed E-state index contributed by atoms with van der Waals surface area (Å²) in [7, 11) is 1.95. The highest BCUT2D eigenvalue weighted by Gasteiger charge is 2.12. The normalized spacial score (nSPS) is 12.9. The number of aliphatic carboxylic acids is 1. The number of carboxylic acid groups (broad SMARTS) is 1. The molecule has 2 aromatic rings. The van der Waals surface area contributed by atoms with Crippen molar-refractivity contribution in [1.29, 1.82) is 0 Å². The van der Waals surface area contributed by atoms with Crippen molar-refractivity contribution in [3.63, 3.8) is 0 Å². The molecule has 0 aliphatic heterocycles. The Morgan fingerprint density at radius 2 is 2.29 bits per heavy atom. The van der Waals surface area contributed by atoms with E-state index in [1.165, 1.54) is 0 Å². The van der Waals surface area contributed by atoms with Crippen LogP contribution in [0.2, 0.25) is 0 Å². The Bertz CT molecular complexity index is 574. The lowest BCUT2D eigenvalue weighted by atomic mass is 10.0. The summed E-state index contributed by atoms with van der Waals surface area (Å²) in [6.07, 6.45) is -0.0721. The Morgan fingerprint density at radius 1 is 1.59 bits per heavy atom. The molecule has 5 nitrogen and oxygen atoms in total. The van der Waals surface area contributed by atoms with Crippen LogP contribution in [0.15, 0.2) is 18.2 Å². The Balaban J connectivity index is 2.41. The molecular weight excluding hydrogens is 218 g/mol. The molecule has 0 bridgehead atoms. The second-order valence-corrected chi connectivity index (χ2v) is 4.17. The average molecular weight is 233 g/mol. The van der Waals surface area contributed by atoms with Gasteiger partial charge in [0.25, 0.3) is 0 Å². The predicted molar refractivity (Wildman–Crippen MR) is 64.6 cm³/mol. The molecule has 0 aliphatic carbocycles. The first-order valence-electron chi connectivity index (χ1n) is 5.39. The molecule has 1 unspecified atom stereocenters. The molecule has 17 heavy (non-hydrogen) atoms. The second kappa shape index (κ2) is 4.18. The maximum absolute atomic E-state index is 10.6.